The molecule has 0 spiro atoms. The standard InChI is InChI=1S/C22H19N3O/c1-15-18-11-5-6-12-19(18)24-20(15)22(26)25-21(16-8-3-2-4-9-16)17-10-7-13-23-14-17/h2-14,21,24H,1H3,(H,25,26)/t21-/m0/s1. The van der Waals surface area contributed by atoms with Crippen LogP contribution in [0.15, 0.2) is 79.1 Å². The van der Waals surface area contributed by atoms with Crippen molar-refractivity contribution in [1.82, 2.24) is 15.3 Å². The number of amides is 1. The molecule has 4 aromatic rings. The van der Waals surface area contributed by atoms with Crippen molar-refractivity contribution >= 4 is 16.8 Å². The van der Waals surface area contributed by atoms with Crippen LogP contribution < -0.4 is 5.32 Å². The molecule has 0 saturated heterocycles. The minimum Gasteiger partial charge on any atom is -0.350 e. The van der Waals surface area contributed by atoms with Crippen LogP contribution in [0.25, 0.3) is 10.9 Å². The van der Waals surface area contributed by atoms with Gasteiger partial charge in [-0.1, -0.05) is 54.6 Å². The third kappa shape index (κ3) is 2.97. The molecule has 26 heavy (non-hydrogen) atoms. The van der Waals surface area contributed by atoms with E-state index < -0.39 is 0 Å². The highest BCUT2D eigenvalue weighted by Gasteiger charge is 2.21. The Labute approximate surface area is 151 Å². The summed E-state index contributed by atoms with van der Waals surface area (Å²) in [5.41, 5.74) is 4.48. The number of aromatic nitrogens is 2. The van der Waals surface area contributed by atoms with Crippen LogP contribution in [-0.4, -0.2) is 15.9 Å². The smallest absolute Gasteiger partial charge is 0.268 e. The summed E-state index contributed by atoms with van der Waals surface area (Å²) in [7, 11) is 0. The molecule has 0 aliphatic carbocycles. The molecule has 0 saturated carbocycles. The Kier molecular flexibility index (Phi) is 4.23. The highest BCUT2D eigenvalue weighted by molar-refractivity contribution is 6.01. The predicted molar refractivity (Wildman–Crippen MR) is 103 cm³/mol. The van der Waals surface area contributed by atoms with Crippen molar-refractivity contribution in [3.63, 3.8) is 0 Å². The summed E-state index contributed by atoms with van der Waals surface area (Å²) in [6.45, 7) is 1.97. The molecular weight excluding hydrogens is 322 g/mol. The Morgan fingerprint density at radius 1 is 0.962 bits per heavy atom. The van der Waals surface area contributed by atoms with Crippen LogP contribution in [-0.2, 0) is 0 Å². The third-order valence-corrected chi connectivity index (χ3v) is 4.62. The van der Waals surface area contributed by atoms with Gasteiger partial charge in [0.05, 0.1) is 6.04 Å². The lowest BCUT2D eigenvalue weighted by Gasteiger charge is -2.19. The normalized spacial score (nSPS) is 12.0. The number of pyridine rings is 1. The first-order valence-corrected chi connectivity index (χ1v) is 8.57. The molecule has 0 aliphatic heterocycles. The highest BCUT2D eigenvalue weighted by atomic mass is 16.1. The summed E-state index contributed by atoms with van der Waals surface area (Å²) in [6, 6.07) is 21.5. The highest BCUT2D eigenvalue weighted by Crippen LogP contribution is 2.24. The number of rotatable bonds is 4. The Hall–Kier alpha value is -3.40. The molecule has 4 nitrogen and oxygen atoms in total. The van der Waals surface area contributed by atoms with Crippen molar-refractivity contribution in [2.75, 3.05) is 0 Å². The van der Waals surface area contributed by atoms with Crippen molar-refractivity contribution in [3.05, 3.63) is 102 Å². The van der Waals surface area contributed by atoms with Gasteiger partial charge in [0.2, 0.25) is 0 Å². The Morgan fingerprint density at radius 3 is 2.42 bits per heavy atom. The van der Waals surface area contributed by atoms with E-state index in [0.717, 1.165) is 27.6 Å². The van der Waals surface area contributed by atoms with Crippen LogP contribution >= 0.6 is 0 Å². The zero-order valence-electron chi connectivity index (χ0n) is 14.4. The van der Waals surface area contributed by atoms with Crippen molar-refractivity contribution in [3.8, 4) is 0 Å². The van der Waals surface area contributed by atoms with Gasteiger partial charge in [0.1, 0.15) is 5.69 Å². The van der Waals surface area contributed by atoms with Crippen LogP contribution in [0.5, 0.6) is 0 Å². The summed E-state index contributed by atoms with van der Waals surface area (Å²) in [5.74, 6) is -0.128. The number of nitrogens with one attached hydrogen (secondary N) is 2. The van der Waals surface area contributed by atoms with Gasteiger partial charge < -0.3 is 10.3 Å². The second-order valence-electron chi connectivity index (χ2n) is 6.27. The second kappa shape index (κ2) is 6.84. The van der Waals surface area contributed by atoms with E-state index in [-0.39, 0.29) is 11.9 Å². The largest absolute Gasteiger partial charge is 0.350 e. The molecule has 1 amide bonds. The molecule has 0 aliphatic rings. The van der Waals surface area contributed by atoms with Crippen molar-refractivity contribution < 1.29 is 4.79 Å². The molecule has 2 aromatic carbocycles. The van der Waals surface area contributed by atoms with E-state index in [0.29, 0.717) is 5.69 Å². The van der Waals surface area contributed by atoms with Crippen LogP contribution in [0.2, 0.25) is 0 Å². The molecule has 0 bridgehead atoms. The van der Waals surface area contributed by atoms with Crippen molar-refractivity contribution in [1.29, 1.82) is 0 Å². The molecule has 4 heteroatoms. The number of fused-ring (bicyclic) bond motifs is 1. The van der Waals surface area contributed by atoms with Gasteiger partial charge in [0.25, 0.3) is 5.91 Å². The third-order valence-electron chi connectivity index (χ3n) is 4.62. The molecule has 128 valence electrons. The molecule has 2 heterocycles. The first-order chi connectivity index (χ1) is 12.7. The summed E-state index contributed by atoms with van der Waals surface area (Å²) in [5, 5.41) is 4.22. The van der Waals surface area contributed by atoms with Crippen LogP contribution in [0.1, 0.15) is 33.2 Å². The zero-order chi connectivity index (χ0) is 17.9. The number of carbonyl (C=O) groups excluding carboxylic acids is 1. The number of aromatic amines is 1. The number of hydrogen-bond donors (Lipinski definition) is 2. The van der Waals surface area contributed by atoms with E-state index in [1.165, 1.54) is 0 Å². The molecule has 1 atom stereocenters. The molecule has 0 fully saturated rings. The van der Waals surface area contributed by atoms with Gasteiger partial charge in [-0.2, -0.15) is 0 Å². The van der Waals surface area contributed by atoms with Crippen molar-refractivity contribution in [2.24, 2.45) is 0 Å². The number of H-pyrrole nitrogens is 1. The molecular formula is C22H19N3O. The van der Waals surface area contributed by atoms with Gasteiger partial charge >= 0.3 is 0 Å². The summed E-state index contributed by atoms with van der Waals surface area (Å²) >= 11 is 0. The summed E-state index contributed by atoms with van der Waals surface area (Å²) in [6.07, 6.45) is 3.52. The number of para-hydroxylation sites is 1. The molecule has 0 radical (unpaired) electrons. The maximum Gasteiger partial charge on any atom is 0.268 e. The first kappa shape index (κ1) is 16.1. The second-order valence-corrected chi connectivity index (χ2v) is 6.27. The van der Waals surface area contributed by atoms with E-state index in [1.54, 1.807) is 12.4 Å². The number of hydrogen-bond acceptors (Lipinski definition) is 2. The monoisotopic (exact) mass is 341 g/mol. The average molecular weight is 341 g/mol. The molecule has 4 rings (SSSR count). The topological polar surface area (TPSA) is 57.8 Å². The SMILES string of the molecule is Cc1c(C(=O)N[C@@H](c2ccccc2)c2cccnc2)[nH]c2ccccc12. The first-order valence-electron chi connectivity index (χ1n) is 8.57. The van der Waals surface area contributed by atoms with Gasteiger partial charge in [-0.25, -0.2) is 0 Å². The predicted octanol–water partition coefficient (Wildman–Crippen LogP) is 4.39. The van der Waals surface area contributed by atoms with Crippen LogP contribution in [0, 0.1) is 6.92 Å². The van der Waals surface area contributed by atoms with Gasteiger partial charge in [-0.15, -0.1) is 0 Å². The summed E-state index contributed by atoms with van der Waals surface area (Å²) < 4.78 is 0. The van der Waals surface area contributed by atoms with Crippen molar-refractivity contribution in [2.45, 2.75) is 13.0 Å². The quantitative estimate of drug-likeness (QED) is 0.578. The molecule has 0 unspecified atom stereocenters. The van der Waals surface area contributed by atoms with E-state index in [9.17, 15) is 4.79 Å². The van der Waals surface area contributed by atoms with Crippen LogP contribution in [0.3, 0.4) is 0 Å². The summed E-state index contributed by atoms with van der Waals surface area (Å²) in [4.78, 5) is 20.5. The number of nitrogens with zero attached hydrogens (tertiary/aromatic N) is 1. The van der Waals surface area contributed by atoms with Crippen LogP contribution in [0.4, 0.5) is 0 Å². The molecule has 2 N–H and O–H groups in total. The van der Waals surface area contributed by atoms with Gasteiger partial charge in [0.15, 0.2) is 0 Å². The lowest BCUT2D eigenvalue weighted by atomic mass is 10.00. The number of aryl methyl sites for hydroxylation is 1. The fraction of sp³-hybridized carbons (Fsp3) is 0.0909. The Balaban J connectivity index is 1.71. The fourth-order valence-corrected chi connectivity index (χ4v) is 3.26. The fourth-order valence-electron chi connectivity index (χ4n) is 3.26. The number of benzene rings is 2. The van der Waals surface area contributed by atoms with Gasteiger partial charge in [-0.05, 0) is 35.7 Å². The zero-order valence-corrected chi connectivity index (χ0v) is 14.4. The lowest BCUT2D eigenvalue weighted by molar-refractivity contribution is 0.0938. The molecule has 2 aromatic heterocycles. The number of carbonyl (C=O) groups is 1. The van der Waals surface area contributed by atoms with E-state index in [1.807, 2.05) is 73.7 Å². The maximum absolute atomic E-state index is 13.0. The van der Waals surface area contributed by atoms with E-state index in [4.69, 9.17) is 0 Å². The average Bonchev–Trinajstić information content (AvgIpc) is 3.04. The van der Waals surface area contributed by atoms with E-state index in [2.05, 4.69) is 15.3 Å². The Bertz CT molecular complexity index is 999. The minimum absolute atomic E-state index is 0.128. The lowest BCUT2D eigenvalue weighted by Crippen LogP contribution is -2.30. The Morgan fingerprint density at radius 2 is 1.69 bits per heavy atom. The van der Waals surface area contributed by atoms with Gasteiger partial charge in [-0.3, -0.25) is 9.78 Å². The van der Waals surface area contributed by atoms with E-state index >= 15 is 0 Å². The van der Waals surface area contributed by atoms with Gasteiger partial charge in [0, 0.05) is 23.3 Å². The minimum atomic E-state index is -0.261. The maximum atomic E-state index is 13.0.